The number of hydrogen-bond donors (Lipinski definition) is 1. The SMILES string of the molecule is CCN(CCNC(C)C)CCN(C)C. The molecule has 0 rings (SSSR count). The van der Waals surface area contributed by atoms with Crippen molar-refractivity contribution >= 4 is 0 Å². The molecule has 3 heteroatoms. The molecule has 0 aromatic heterocycles. The monoisotopic (exact) mass is 201 g/mol. The van der Waals surface area contributed by atoms with Crippen LogP contribution < -0.4 is 5.32 Å². The Morgan fingerprint density at radius 3 is 2.14 bits per heavy atom. The van der Waals surface area contributed by atoms with Gasteiger partial charge >= 0.3 is 0 Å². The predicted molar refractivity (Wildman–Crippen MR) is 63.8 cm³/mol. The van der Waals surface area contributed by atoms with Crippen LogP contribution in [0.3, 0.4) is 0 Å². The molecule has 14 heavy (non-hydrogen) atoms. The molecule has 0 aromatic rings. The first-order valence-corrected chi connectivity index (χ1v) is 5.66. The van der Waals surface area contributed by atoms with Gasteiger partial charge in [-0.3, -0.25) is 0 Å². The van der Waals surface area contributed by atoms with E-state index < -0.39 is 0 Å². The Morgan fingerprint density at radius 2 is 1.71 bits per heavy atom. The molecule has 0 aliphatic rings. The van der Waals surface area contributed by atoms with Gasteiger partial charge in [-0.05, 0) is 20.6 Å². The Bertz CT molecular complexity index is 124. The molecule has 0 aliphatic heterocycles. The zero-order chi connectivity index (χ0) is 11.0. The summed E-state index contributed by atoms with van der Waals surface area (Å²) in [4.78, 5) is 4.72. The second-order valence-corrected chi connectivity index (χ2v) is 4.35. The van der Waals surface area contributed by atoms with Crippen LogP contribution in [0.2, 0.25) is 0 Å². The molecule has 0 saturated carbocycles. The molecule has 0 aliphatic carbocycles. The van der Waals surface area contributed by atoms with E-state index >= 15 is 0 Å². The average Bonchev–Trinajstić information content (AvgIpc) is 2.10. The van der Waals surface area contributed by atoms with Crippen molar-refractivity contribution in [1.82, 2.24) is 15.1 Å². The third kappa shape index (κ3) is 8.48. The van der Waals surface area contributed by atoms with Crippen LogP contribution in [0, 0.1) is 0 Å². The second kappa shape index (κ2) is 8.21. The van der Waals surface area contributed by atoms with Crippen LogP contribution in [0.25, 0.3) is 0 Å². The Hall–Kier alpha value is -0.120. The van der Waals surface area contributed by atoms with E-state index in [2.05, 4.69) is 50.0 Å². The van der Waals surface area contributed by atoms with Crippen LogP contribution in [-0.2, 0) is 0 Å². The molecule has 0 amide bonds. The van der Waals surface area contributed by atoms with Crippen LogP contribution in [0.4, 0.5) is 0 Å². The van der Waals surface area contributed by atoms with Gasteiger partial charge in [0.25, 0.3) is 0 Å². The number of hydrogen-bond acceptors (Lipinski definition) is 3. The van der Waals surface area contributed by atoms with Gasteiger partial charge in [-0.15, -0.1) is 0 Å². The zero-order valence-corrected chi connectivity index (χ0v) is 10.5. The van der Waals surface area contributed by atoms with Crippen molar-refractivity contribution in [1.29, 1.82) is 0 Å². The fraction of sp³-hybridized carbons (Fsp3) is 1.00. The molecule has 0 aromatic carbocycles. The normalized spacial score (nSPS) is 12.0. The highest BCUT2D eigenvalue weighted by atomic mass is 15.2. The summed E-state index contributed by atoms with van der Waals surface area (Å²) in [5.74, 6) is 0. The van der Waals surface area contributed by atoms with Gasteiger partial charge in [0.15, 0.2) is 0 Å². The van der Waals surface area contributed by atoms with Crippen molar-refractivity contribution in [2.24, 2.45) is 0 Å². The first-order valence-electron chi connectivity index (χ1n) is 5.66. The number of nitrogens with one attached hydrogen (secondary N) is 1. The quantitative estimate of drug-likeness (QED) is 0.628. The lowest BCUT2D eigenvalue weighted by Gasteiger charge is -2.23. The Labute approximate surface area is 89.5 Å². The summed E-state index contributed by atoms with van der Waals surface area (Å²) in [6, 6.07) is 0.600. The summed E-state index contributed by atoms with van der Waals surface area (Å²) in [6.07, 6.45) is 0. The minimum atomic E-state index is 0.600. The number of rotatable bonds is 8. The third-order valence-electron chi connectivity index (χ3n) is 2.29. The summed E-state index contributed by atoms with van der Waals surface area (Å²) >= 11 is 0. The van der Waals surface area contributed by atoms with E-state index in [1.165, 1.54) is 6.54 Å². The largest absolute Gasteiger partial charge is 0.313 e. The fourth-order valence-electron chi connectivity index (χ4n) is 1.28. The van der Waals surface area contributed by atoms with Crippen molar-refractivity contribution in [2.75, 3.05) is 46.8 Å². The first kappa shape index (κ1) is 13.9. The molecule has 0 atom stereocenters. The van der Waals surface area contributed by atoms with Gasteiger partial charge in [0.05, 0.1) is 0 Å². The maximum atomic E-state index is 3.44. The fourth-order valence-corrected chi connectivity index (χ4v) is 1.28. The van der Waals surface area contributed by atoms with Crippen molar-refractivity contribution in [3.63, 3.8) is 0 Å². The zero-order valence-electron chi connectivity index (χ0n) is 10.5. The Morgan fingerprint density at radius 1 is 1.07 bits per heavy atom. The van der Waals surface area contributed by atoms with Gasteiger partial charge in [0.1, 0.15) is 0 Å². The summed E-state index contributed by atoms with van der Waals surface area (Å²) in [7, 11) is 4.25. The predicted octanol–water partition coefficient (Wildman–Crippen LogP) is 0.868. The molecule has 3 nitrogen and oxygen atoms in total. The molecule has 0 fully saturated rings. The van der Waals surface area contributed by atoms with E-state index in [1.807, 2.05) is 0 Å². The van der Waals surface area contributed by atoms with E-state index in [4.69, 9.17) is 0 Å². The highest BCUT2D eigenvalue weighted by molar-refractivity contribution is 4.61. The summed E-state index contributed by atoms with van der Waals surface area (Å²) in [5, 5.41) is 3.44. The maximum Gasteiger partial charge on any atom is 0.0110 e. The van der Waals surface area contributed by atoms with E-state index in [1.54, 1.807) is 0 Å². The lowest BCUT2D eigenvalue weighted by atomic mass is 10.4. The maximum absolute atomic E-state index is 3.44. The topological polar surface area (TPSA) is 18.5 Å². The third-order valence-corrected chi connectivity index (χ3v) is 2.29. The average molecular weight is 201 g/mol. The number of likely N-dealkylation sites (N-methyl/N-ethyl adjacent to an activating group) is 2. The minimum Gasteiger partial charge on any atom is -0.313 e. The van der Waals surface area contributed by atoms with Crippen molar-refractivity contribution in [3.05, 3.63) is 0 Å². The molecule has 0 heterocycles. The number of nitrogens with zero attached hydrogens (tertiary/aromatic N) is 2. The van der Waals surface area contributed by atoms with Crippen LogP contribution >= 0.6 is 0 Å². The van der Waals surface area contributed by atoms with Crippen LogP contribution in [0.5, 0.6) is 0 Å². The molecule has 1 N–H and O–H groups in total. The van der Waals surface area contributed by atoms with Crippen LogP contribution in [-0.4, -0.2) is 62.7 Å². The molecular formula is C11H27N3. The molecule has 86 valence electrons. The van der Waals surface area contributed by atoms with E-state index in [-0.39, 0.29) is 0 Å². The van der Waals surface area contributed by atoms with Crippen molar-refractivity contribution in [2.45, 2.75) is 26.8 Å². The lowest BCUT2D eigenvalue weighted by molar-refractivity contribution is 0.249. The second-order valence-electron chi connectivity index (χ2n) is 4.35. The molecule has 0 radical (unpaired) electrons. The highest BCUT2D eigenvalue weighted by Crippen LogP contribution is 1.88. The van der Waals surface area contributed by atoms with Gasteiger partial charge in [0.2, 0.25) is 0 Å². The molecule has 0 unspecified atom stereocenters. The van der Waals surface area contributed by atoms with Crippen LogP contribution in [0.15, 0.2) is 0 Å². The van der Waals surface area contributed by atoms with E-state index in [9.17, 15) is 0 Å². The van der Waals surface area contributed by atoms with Gasteiger partial charge < -0.3 is 15.1 Å². The first-order chi connectivity index (χ1) is 6.56. The summed E-state index contributed by atoms with van der Waals surface area (Å²) < 4.78 is 0. The standard InChI is InChI=1S/C11H27N3/c1-6-14(10-9-13(4)5)8-7-12-11(2)3/h11-12H,6-10H2,1-5H3. The summed E-state index contributed by atoms with van der Waals surface area (Å²) in [5.41, 5.74) is 0. The van der Waals surface area contributed by atoms with Crippen molar-refractivity contribution in [3.8, 4) is 0 Å². The van der Waals surface area contributed by atoms with E-state index in [0.717, 1.165) is 26.2 Å². The smallest absolute Gasteiger partial charge is 0.0110 e. The van der Waals surface area contributed by atoms with Gasteiger partial charge in [-0.1, -0.05) is 20.8 Å². The Balaban J connectivity index is 3.48. The Kier molecular flexibility index (Phi) is 8.14. The summed E-state index contributed by atoms with van der Waals surface area (Å²) in [6.45, 7) is 12.3. The van der Waals surface area contributed by atoms with Crippen LogP contribution in [0.1, 0.15) is 20.8 Å². The van der Waals surface area contributed by atoms with Gasteiger partial charge in [-0.25, -0.2) is 0 Å². The molecular weight excluding hydrogens is 174 g/mol. The lowest BCUT2D eigenvalue weighted by Crippen LogP contribution is -2.38. The molecule has 0 spiro atoms. The highest BCUT2D eigenvalue weighted by Gasteiger charge is 2.02. The molecule has 0 saturated heterocycles. The van der Waals surface area contributed by atoms with Gasteiger partial charge in [-0.2, -0.15) is 0 Å². The minimum absolute atomic E-state index is 0.600. The van der Waals surface area contributed by atoms with Gasteiger partial charge in [0, 0.05) is 32.2 Å². The molecule has 0 bridgehead atoms. The van der Waals surface area contributed by atoms with E-state index in [0.29, 0.717) is 6.04 Å². The van der Waals surface area contributed by atoms with Crippen molar-refractivity contribution < 1.29 is 0 Å².